The Morgan fingerprint density at radius 2 is 2.10 bits per heavy atom. The Balaban J connectivity index is 2.57. The van der Waals surface area contributed by atoms with E-state index >= 15 is 0 Å². The van der Waals surface area contributed by atoms with Gasteiger partial charge in [-0.1, -0.05) is 27.7 Å². The third-order valence-electron chi connectivity index (χ3n) is 4.32. The Morgan fingerprint density at radius 3 is 2.62 bits per heavy atom. The molecule has 2 unspecified atom stereocenters. The minimum Gasteiger partial charge on any atom is -0.394 e. The molecular formula is C17H36N2O2. The van der Waals surface area contributed by atoms with Gasteiger partial charge in [0.25, 0.3) is 0 Å². The van der Waals surface area contributed by atoms with Crippen molar-refractivity contribution in [2.75, 3.05) is 39.3 Å². The summed E-state index contributed by atoms with van der Waals surface area (Å²) in [4.78, 5) is 2.46. The van der Waals surface area contributed by atoms with Gasteiger partial charge in [-0.15, -0.1) is 0 Å². The van der Waals surface area contributed by atoms with E-state index in [1.807, 2.05) is 0 Å². The lowest BCUT2D eigenvalue weighted by Crippen LogP contribution is -2.56. The SMILES string of the molecule is CCC(C)(CNCC(C)C)CN1CC(CO)OC(C)(C)C1. The van der Waals surface area contributed by atoms with Gasteiger partial charge in [-0.3, -0.25) is 4.90 Å². The predicted octanol–water partition coefficient (Wildman–Crippen LogP) is 2.12. The molecule has 0 aromatic rings. The van der Waals surface area contributed by atoms with E-state index in [0.717, 1.165) is 39.1 Å². The van der Waals surface area contributed by atoms with Crippen molar-refractivity contribution in [2.24, 2.45) is 11.3 Å². The van der Waals surface area contributed by atoms with E-state index in [1.165, 1.54) is 0 Å². The number of aliphatic hydroxyl groups excluding tert-OH is 1. The fourth-order valence-electron chi connectivity index (χ4n) is 3.13. The monoisotopic (exact) mass is 300 g/mol. The van der Waals surface area contributed by atoms with Crippen LogP contribution in [0.4, 0.5) is 0 Å². The average molecular weight is 300 g/mol. The third-order valence-corrected chi connectivity index (χ3v) is 4.32. The molecule has 1 aliphatic heterocycles. The molecular weight excluding hydrogens is 264 g/mol. The molecule has 0 saturated carbocycles. The van der Waals surface area contributed by atoms with Gasteiger partial charge in [0.05, 0.1) is 18.3 Å². The number of nitrogens with zero attached hydrogens (tertiary/aromatic N) is 1. The van der Waals surface area contributed by atoms with Crippen molar-refractivity contribution in [3.8, 4) is 0 Å². The summed E-state index contributed by atoms with van der Waals surface area (Å²) in [6.07, 6.45) is 1.10. The maximum Gasteiger partial charge on any atom is 0.0940 e. The molecule has 0 aromatic carbocycles. The van der Waals surface area contributed by atoms with Gasteiger partial charge in [0.1, 0.15) is 0 Å². The Hall–Kier alpha value is -0.160. The quantitative estimate of drug-likeness (QED) is 0.721. The Kier molecular flexibility index (Phi) is 7.11. The van der Waals surface area contributed by atoms with Gasteiger partial charge in [0, 0.05) is 26.2 Å². The van der Waals surface area contributed by atoms with Crippen molar-refractivity contribution < 1.29 is 9.84 Å². The van der Waals surface area contributed by atoms with Crippen LogP contribution in [0.2, 0.25) is 0 Å². The number of hydrogen-bond acceptors (Lipinski definition) is 4. The topological polar surface area (TPSA) is 44.7 Å². The van der Waals surface area contributed by atoms with Crippen LogP contribution < -0.4 is 5.32 Å². The second-order valence-corrected chi connectivity index (χ2v) is 8.04. The van der Waals surface area contributed by atoms with Crippen LogP contribution in [-0.4, -0.2) is 61.0 Å². The van der Waals surface area contributed by atoms with Crippen molar-refractivity contribution >= 4 is 0 Å². The highest BCUT2D eigenvalue weighted by atomic mass is 16.5. The van der Waals surface area contributed by atoms with E-state index < -0.39 is 0 Å². The lowest BCUT2D eigenvalue weighted by Gasteiger charge is -2.45. The van der Waals surface area contributed by atoms with Crippen molar-refractivity contribution in [1.29, 1.82) is 0 Å². The van der Waals surface area contributed by atoms with E-state index in [9.17, 15) is 5.11 Å². The maximum atomic E-state index is 9.44. The van der Waals surface area contributed by atoms with Crippen LogP contribution in [0.15, 0.2) is 0 Å². The average Bonchev–Trinajstić information content (AvgIpc) is 2.36. The first-order valence-corrected chi connectivity index (χ1v) is 8.41. The lowest BCUT2D eigenvalue weighted by atomic mass is 9.85. The van der Waals surface area contributed by atoms with Crippen LogP contribution >= 0.6 is 0 Å². The van der Waals surface area contributed by atoms with Gasteiger partial charge >= 0.3 is 0 Å². The van der Waals surface area contributed by atoms with Crippen LogP contribution in [-0.2, 0) is 4.74 Å². The highest BCUT2D eigenvalue weighted by Crippen LogP contribution is 2.27. The lowest BCUT2D eigenvalue weighted by molar-refractivity contribution is -0.153. The van der Waals surface area contributed by atoms with E-state index in [2.05, 4.69) is 51.8 Å². The molecule has 2 N–H and O–H groups in total. The molecule has 1 fully saturated rings. The van der Waals surface area contributed by atoms with Crippen molar-refractivity contribution in [1.82, 2.24) is 10.2 Å². The van der Waals surface area contributed by atoms with Gasteiger partial charge in [0.15, 0.2) is 0 Å². The summed E-state index contributed by atoms with van der Waals surface area (Å²) in [7, 11) is 0. The molecule has 4 nitrogen and oxygen atoms in total. The molecule has 1 aliphatic rings. The molecule has 1 heterocycles. The van der Waals surface area contributed by atoms with E-state index in [4.69, 9.17) is 4.74 Å². The van der Waals surface area contributed by atoms with Gasteiger partial charge in [-0.25, -0.2) is 0 Å². The van der Waals surface area contributed by atoms with Crippen LogP contribution in [0, 0.1) is 11.3 Å². The summed E-state index contributed by atoms with van der Waals surface area (Å²) >= 11 is 0. The van der Waals surface area contributed by atoms with E-state index in [1.54, 1.807) is 0 Å². The van der Waals surface area contributed by atoms with Crippen LogP contribution in [0.1, 0.15) is 48.0 Å². The number of nitrogens with one attached hydrogen (secondary N) is 1. The number of rotatable bonds is 8. The van der Waals surface area contributed by atoms with E-state index in [0.29, 0.717) is 5.92 Å². The standard InChI is InChI=1S/C17H36N2O2/c1-7-17(6,11-18-8-14(2)3)13-19-9-15(10-20)21-16(4,5)12-19/h14-15,18,20H,7-13H2,1-6H3. The summed E-state index contributed by atoms with van der Waals surface area (Å²) in [5, 5.41) is 13.0. The Labute approximate surface area is 131 Å². The van der Waals surface area contributed by atoms with E-state index in [-0.39, 0.29) is 23.7 Å². The summed E-state index contributed by atoms with van der Waals surface area (Å²) in [5.41, 5.74) is 0.0912. The summed E-state index contributed by atoms with van der Waals surface area (Å²) < 4.78 is 5.91. The first-order chi connectivity index (χ1) is 9.69. The number of aliphatic hydroxyl groups is 1. The van der Waals surface area contributed by atoms with Crippen LogP contribution in [0.5, 0.6) is 0 Å². The molecule has 21 heavy (non-hydrogen) atoms. The third kappa shape index (κ3) is 6.64. The van der Waals surface area contributed by atoms with Gasteiger partial charge in [-0.05, 0) is 38.1 Å². The molecule has 0 bridgehead atoms. The largest absolute Gasteiger partial charge is 0.394 e. The zero-order valence-electron chi connectivity index (χ0n) is 14.9. The summed E-state index contributed by atoms with van der Waals surface area (Å²) in [6, 6.07) is 0. The smallest absolute Gasteiger partial charge is 0.0940 e. The van der Waals surface area contributed by atoms with Gasteiger partial charge in [0.2, 0.25) is 0 Å². The minimum absolute atomic E-state index is 0.0570. The Morgan fingerprint density at radius 1 is 1.43 bits per heavy atom. The maximum absolute atomic E-state index is 9.44. The highest BCUT2D eigenvalue weighted by molar-refractivity contribution is 4.88. The molecule has 4 heteroatoms. The zero-order chi connectivity index (χ0) is 16.1. The normalized spacial score (nSPS) is 26.0. The first kappa shape index (κ1) is 18.9. The number of morpholine rings is 1. The van der Waals surface area contributed by atoms with Gasteiger partial charge in [-0.2, -0.15) is 0 Å². The molecule has 0 radical (unpaired) electrons. The van der Waals surface area contributed by atoms with Crippen molar-refractivity contribution in [3.05, 3.63) is 0 Å². The molecule has 0 amide bonds. The molecule has 0 aromatic heterocycles. The van der Waals surface area contributed by atoms with Crippen LogP contribution in [0.3, 0.4) is 0 Å². The van der Waals surface area contributed by atoms with Crippen LogP contribution in [0.25, 0.3) is 0 Å². The van der Waals surface area contributed by atoms with Crippen molar-refractivity contribution in [3.63, 3.8) is 0 Å². The van der Waals surface area contributed by atoms with Crippen molar-refractivity contribution in [2.45, 2.75) is 59.7 Å². The molecule has 0 spiro atoms. The second-order valence-electron chi connectivity index (χ2n) is 8.04. The molecule has 0 aliphatic carbocycles. The molecule has 1 saturated heterocycles. The number of ether oxygens (including phenoxy) is 1. The molecule has 1 rings (SSSR count). The minimum atomic E-state index is -0.175. The molecule has 2 atom stereocenters. The fraction of sp³-hybridized carbons (Fsp3) is 1.00. The predicted molar refractivity (Wildman–Crippen MR) is 88.6 cm³/mol. The molecule has 126 valence electrons. The van der Waals surface area contributed by atoms with Gasteiger partial charge < -0.3 is 15.2 Å². The fourth-order valence-corrected chi connectivity index (χ4v) is 3.13. The second kappa shape index (κ2) is 7.91. The zero-order valence-corrected chi connectivity index (χ0v) is 14.9. The highest BCUT2D eigenvalue weighted by Gasteiger charge is 2.36. The summed E-state index contributed by atoms with van der Waals surface area (Å²) in [6.45, 7) is 18.4. The summed E-state index contributed by atoms with van der Waals surface area (Å²) in [5.74, 6) is 0.687. The number of hydrogen-bond donors (Lipinski definition) is 2. The first-order valence-electron chi connectivity index (χ1n) is 8.41. The Bertz CT molecular complexity index is 307.